The van der Waals surface area contributed by atoms with E-state index in [9.17, 15) is 27.6 Å². The highest BCUT2D eigenvalue weighted by Crippen LogP contribution is 2.22. The number of fused-ring (bicyclic) bond motifs is 1. The van der Waals surface area contributed by atoms with Gasteiger partial charge in [0.15, 0.2) is 11.5 Å². The quantitative estimate of drug-likeness (QED) is 0.393. The minimum atomic E-state index is -4.27. The van der Waals surface area contributed by atoms with Crippen molar-refractivity contribution in [3.05, 3.63) is 53.5 Å². The van der Waals surface area contributed by atoms with Crippen LogP contribution in [0.2, 0.25) is 0 Å². The van der Waals surface area contributed by atoms with E-state index in [2.05, 4.69) is 20.6 Å². The van der Waals surface area contributed by atoms with Gasteiger partial charge in [-0.25, -0.2) is 29.1 Å². The van der Waals surface area contributed by atoms with Gasteiger partial charge in [0.2, 0.25) is 0 Å². The van der Waals surface area contributed by atoms with Crippen molar-refractivity contribution in [1.29, 1.82) is 0 Å². The molecule has 2 aliphatic heterocycles. The maximum absolute atomic E-state index is 13.1. The second-order valence-electron chi connectivity index (χ2n) is 11.6. The fourth-order valence-corrected chi connectivity index (χ4v) is 6.68. The van der Waals surface area contributed by atoms with Crippen LogP contribution in [0.1, 0.15) is 48.3 Å². The number of benzene rings is 1. The number of anilines is 1. The Labute approximate surface area is 267 Å². The number of nitrogens with one attached hydrogen (secondary N) is 3. The summed E-state index contributed by atoms with van der Waals surface area (Å²) < 4.78 is 39.2. The van der Waals surface area contributed by atoms with Gasteiger partial charge in [0, 0.05) is 51.2 Å². The topological polar surface area (TPSA) is 192 Å². The highest BCUT2D eigenvalue weighted by molar-refractivity contribution is 7.87. The molecular weight excluding hydrogens is 620 g/mol. The van der Waals surface area contributed by atoms with Gasteiger partial charge in [-0.05, 0) is 50.7 Å². The zero-order valence-corrected chi connectivity index (χ0v) is 26.5. The van der Waals surface area contributed by atoms with Crippen LogP contribution in [0.3, 0.4) is 0 Å². The summed E-state index contributed by atoms with van der Waals surface area (Å²) in [6, 6.07) is 7.29. The Bertz CT molecular complexity index is 1540. The summed E-state index contributed by atoms with van der Waals surface area (Å²) in [5, 5.41) is 5.58. The van der Waals surface area contributed by atoms with Crippen molar-refractivity contribution >= 4 is 40.2 Å². The molecule has 3 aliphatic rings. The number of piperidine rings is 1. The molecule has 1 aromatic heterocycles. The maximum atomic E-state index is 13.1. The molecule has 0 saturated carbocycles. The second-order valence-corrected chi connectivity index (χ2v) is 13.2. The van der Waals surface area contributed by atoms with Gasteiger partial charge in [0.05, 0.1) is 12.6 Å². The van der Waals surface area contributed by atoms with Crippen molar-refractivity contribution in [1.82, 2.24) is 34.1 Å². The van der Waals surface area contributed by atoms with Crippen LogP contribution in [0.4, 0.5) is 20.2 Å². The average molecular weight is 659 g/mol. The van der Waals surface area contributed by atoms with E-state index in [1.807, 2.05) is 29.0 Å². The Kier molecular flexibility index (Phi) is 10.2. The first-order chi connectivity index (χ1) is 22.0. The summed E-state index contributed by atoms with van der Waals surface area (Å²) in [7, 11) is -4.27. The predicted molar refractivity (Wildman–Crippen MR) is 164 cm³/mol. The maximum Gasteiger partial charge on any atom is 0.422 e. The first kappa shape index (κ1) is 32.9. The van der Waals surface area contributed by atoms with Crippen LogP contribution in [0.25, 0.3) is 0 Å². The number of urea groups is 1. The molecule has 17 heteroatoms. The number of likely N-dealkylation sites (tertiary alicyclic amines) is 1. The zero-order chi connectivity index (χ0) is 32.8. The number of hydrogen-bond acceptors (Lipinski definition) is 10. The largest absolute Gasteiger partial charge is 0.447 e. The summed E-state index contributed by atoms with van der Waals surface area (Å²) >= 11 is 0. The number of amides is 5. The minimum Gasteiger partial charge on any atom is -0.447 e. The van der Waals surface area contributed by atoms with Crippen LogP contribution in [-0.2, 0) is 32.5 Å². The van der Waals surface area contributed by atoms with Crippen LogP contribution in [-0.4, -0.2) is 114 Å². The van der Waals surface area contributed by atoms with E-state index in [4.69, 9.17) is 9.47 Å². The number of carbonyl (C=O) groups excluding carboxylic acids is 4. The van der Waals surface area contributed by atoms with E-state index in [-0.39, 0.29) is 56.4 Å². The smallest absolute Gasteiger partial charge is 0.422 e. The predicted octanol–water partition coefficient (Wildman–Crippen LogP) is 1.50. The fraction of sp³-hybridized carbons (Fsp3) is 0.517. The molecule has 0 unspecified atom stereocenters. The SMILES string of the molecule is CC(C)OC(=O)N1CCC[C@@H](OC(=O)NS(=O)(=O)N2CCN(C(=O)Nc3nccnc3C(=O)NC3Cc4ccccc4C3)CC2)C1. The molecule has 1 atom stereocenters. The average Bonchev–Trinajstić information content (AvgIpc) is 3.43. The van der Waals surface area contributed by atoms with Crippen LogP contribution in [0, 0.1) is 0 Å². The lowest BCUT2D eigenvalue weighted by molar-refractivity contribution is 0.0258. The molecule has 5 amide bonds. The Morgan fingerprint density at radius 2 is 1.61 bits per heavy atom. The summed E-state index contributed by atoms with van der Waals surface area (Å²) in [5.41, 5.74) is 2.32. The Morgan fingerprint density at radius 1 is 0.935 bits per heavy atom. The van der Waals surface area contributed by atoms with Crippen molar-refractivity contribution in [2.24, 2.45) is 0 Å². The van der Waals surface area contributed by atoms with Crippen molar-refractivity contribution in [2.75, 3.05) is 44.6 Å². The Hall–Kier alpha value is -4.51. The van der Waals surface area contributed by atoms with E-state index in [1.54, 1.807) is 13.8 Å². The van der Waals surface area contributed by atoms with E-state index in [0.29, 0.717) is 32.2 Å². The van der Waals surface area contributed by atoms with E-state index in [1.165, 1.54) is 33.3 Å². The minimum absolute atomic E-state index is 0.0134. The molecule has 3 N–H and O–H groups in total. The molecule has 2 fully saturated rings. The van der Waals surface area contributed by atoms with Crippen molar-refractivity contribution in [3.63, 3.8) is 0 Å². The highest BCUT2D eigenvalue weighted by Gasteiger charge is 2.33. The number of aromatic nitrogens is 2. The van der Waals surface area contributed by atoms with Gasteiger partial charge in [0.1, 0.15) is 6.10 Å². The van der Waals surface area contributed by atoms with Gasteiger partial charge in [-0.1, -0.05) is 24.3 Å². The third-order valence-corrected chi connectivity index (χ3v) is 9.32. The number of piperazine rings is 1. The van der Waals surface area contributed by atoms with Gasteiger partial charge in [-0.15, -0.1) is 0 Å². The van der Waals surface area contributed by atoms with Crippen molar-refractivity contribution < 1.29 is 37.1 Å². The first-order valence-corrected chi connectivity index (χ1v) is 16.6. The molecule has 2 aromatic rings. The van der Waals surface area contributed by atoms with Crippen molar-refractivity contribution in [3.8, 4) is 0 Å². The fourth-order valence-electron chi connectivity index (χ4n) is 5.64. The molecule has 0 radical (unpaired) electrons. The molecule has 3 heterocycles. The number of carbonyl (C=O) groups is 4. The van der Waals surface area contributed by atoms with Gasteiger partial charge in [-0.2, -0.15) is 12.7 Å². The van der Waals surface area contributed by atoms with Gasteiger partial charge in [0.25, 0.3) is 5.91 Å². The van der Waals surface area contributed by atoms with E-state index < -0.39 is 40.4 Å². The summed E-state index contributed by atoms with van der Waals surface area (Å²) in [4.78, 5) is 61.8. The Morgan fingerprint density at radius 3 is 2.28 bits per heavy atom. The number of nitrogens with zero attached hydrogens (tertiary/aromatic N) is 5. The molecule has 5 rings (SSSR count). The van der Waals surface area contributed by atoms with E-state index in [0.717, 1.165) is 4.31 Å². The highest BCUT2D eigenvalue weighted by atomic mass is 32.2. The van der Waals surface area contributed by atoms with Gasteiger partial charge < -0.3 is 24.6 Å². The van der Waals surface area contributed by atoms with E-state index >= 15 is 0 Å². The summed E-state index contributed by atoms with van der Waals surface area (Å²) in [6.45, 7) is 3.84. The van der Waals surface area contributed by atoms with Gasteiger partial charge in [-0.3, -0.25) is 10.1 Å². The number of ether oxygens (including phenoxy) is 2. The molecule has 0 bridgehead atoms. The monoisotopic (exact) mass is 658 g/mol. The first-order valence-electron chi connectivity index (χ1n) is 15.2. The van der Waals surface area contributed by atoms with Crippen LogP contribution in [0.15, 0.2) is 36.7 Å². The van der Waals surface area contributed by atoms with Crippen LogP contribution >= 0.6 is 0 Å². The molecule has 1 aliphatic carbocycles. The molecule has 248 valence electrons. The standard InChI is InChI=1S/C29H38N8O8S/c1-19(2)44-29(41)36-11-5-8-23(18-36)45-28(40)34-46(42,43)37-14-12-35(13-15-37)27(39)33-25-24(30-9-10-31-25)26(38)32-22-16-20-6-3-4-7-21(20)17-22/h3-4,6-7,9-10,19,22-23H,5,8,11-18H2,1-2H3,(H,32,38)(H,34,40)(H,31,33,39)/t23-/m1/s1. The number of rotatable bonds is 7. The van der Waals surface area contributed by atoms with Gasteiger partial charge >= 0.3 is 28.4 Å². The zero-order valence-electron chi connectivity index (χ0n) is 25.7. The number of hydrogen-bond donors (Lipinski definition) is 3. The van der Waals surface area contributed by atoms with Crippen LogP contribution in [0.5, 0.6) is 0 Å². The molecule has 46 heavy (non-hydrogen) atoms. The lowest BCUT2D eigenvalue weighted by Gasteiger charge is -2.34. The third kappa shape index (κ3) is 8.20. The molecule has 2 saturated heterocycles. The van der Waals surface area contributed by atoms with Crippen LogP contribution < -0.4 is 15.4 Å². The normalized spacial score (nSPS) is 18.9. The summed E-state index contributed by atoms with van der Waals surface area (Å²) in [5.74, 6) is -0.481. The molecule has 0 spiro atoms. The van der Waals surface area contributed by atoms with Crippen molar-refractivity contribution in [2.45, 2.75) is 57.8 Å². The lowest BCUT2D eigenvalue weighted by Crippen LogP contribution is -2.55. The molecule has 16 nitrogen and oxygen atoms in total. The summed E-state index contributed by atoms with van der Waals surface area (Å²) in [6.07, 6.45) is 2.48. The lowest BCUT2D eigenvalue weighted by atomic mass is 10.1. The molecular formula is C29H38N8O8S. The molecule has 1 aromatic carbocycles. The Balaban J connectivity index is 1.09. The second kappa shape index (κ2) is 14.3. The third-order valence-electron chi connectivity index (χ3n) is 7.85.